The van der Waals surface area contributed by atoms with Crippen LogP contribution >= 0.6 is 0 Å². The summed E-state index contributed by atoms with van der Waals surface area (Å²) in [6.07, 6.45) is 0.786. The van der Waals surface area contributed by atoms with Crippen LogP contribution in [0.3, 0.4) is 0 Å². The highest BCUT2D eigenvalue weighted by molar-refractivity contribution is 7.89. The molecule has 1 unspecified atom stereocenters. The number of nitrogens with zero attached hydrogens (tertiary/aromatic N) is 1. The Bertz CT molecular complexity index is 512. The van der Waals surface area contributed by atoms with Gasteiger partial charge in [-0.3, -0.25) is 0 Å². The highest BCUT2D eigenvalue weighted by Crippen LogP contribution is 2.24. The van der Waals surface area contributed by atoms with E-state index < -0.39 is 10.0 Å². The number of sulfonamides is 1. The smallest absolute Gasteiger partial charge is 0.243 e. The molecule has 0 heterocycles. The van der Waals surface area contributed by atoms with Gasteiger partial charge in [0, 0.05) is 18.3 Å². The molecule has 1 rings (SSSR count). The van der Waals surface area contributed by atoms with Crippen molar-refractivity contribution in [1.82, 2.24) is 4.31 Å². The lowest BCUT2D eigenvalue weighted by atomic mass is 10.2. The van der Waals surface area contributed by atoms with Crippen LogP contribution in [0.25, 0.3) is 0 Å². The molecule has 0 aliphatic rings. The summed E-state index contributed by atoms with van der Waals surface area (Å²) in [5.74, 6) is 0. The maximum atomic E-state index is 12.6. The number of hydrogen-bond acceptors (Lipinski definition) is 3. The number of hydrogen-bond donors (Lipinski definition) is 1. The minimum Gasteiger partial charge on any atom is -0.399 e. The Balaban J connectivity index is 3.31. The van der Waals surface area contributed by atoms with Crippen molar-refractivity contribution in [3.05, 3.63) is 23.8 Å². The Morgan fingerprint density at radius 1 is 1.33 bits per heavy atom. The predicted molar refractivity (Wildman–Crippen MR) is 74.9 cm³/mol. The van der Waals surface area contributed by atoms with Crippen LogP contribution in [0.2, 0.25) is 0 Å². The molecule has 0 aliphatic heterocycles. The van der Waals surface area contributed by atoms with Gasteiger partial charge < -0.3 is 5.73 Å². The molecule has 1 atom stereocenters. The monoisotopic (exact) mass is 270 g/mol. The number of benzene rings is 1. The number of anilines is 1. The largest absolute Gasteiger partial charge is 0.399 e. The molecule has 0 saturated carbocycles. The first-order valence-corrected chi connectivity index (χ1v) is 7.66. The molecule has 0 amide bonds. The number of nitrogens with two attached hydrogens (primary N) is 1. The fourth-order valence-corrected chi connectivity index (χ4v) is 3.92. The Hall–Kier alpha value is -1.07. The van der Waals surface area contributed by atoms with Gasteiger partial charge in [-0.1, -0.05) is 19.9 Å². The molecule has 0 aliphatic carbocycles. The van der Waals surface area contributed by atoms with Crippen molar-refractivity contribution in [1.29, 1.82) is 0 Å². The summed E-state index contributed by atoms with van der Waals surface area (Å²) in [5, 5.41) is 0. The van der Waals surface area contributed by atoms with E-state index in [2.05, 4.69) is 0 Å². The van der Waals surface area contributed by atoms with Crippen LogP contribution < -0.4 is 5.73 Å². The minimum atomic E-state index is -3.46. The summed E-state index contributed by atoms with van der Waals surface area (Å²) in [6, 6.07) is 4.98. The molecule has 1 aromatic rings. The second-order valence-corrected chi connectivity index (χ2v) is 6.35. The average Bonchev–Trinajstić information content (AvgIpc) is 2.32. The van der Waals surface area contributed by atoms with E-state index in [9.17, 15) is 8.42 Å². The van der Waals surface area contributed by atoms with E-state index in [0.29, 0.717) is 17.1 Å². The summed E-state index contributed by atoms with van der Waals surface area (Å²) < 4.78 is 26.7. The van der Waals surface area contributed by atoms with E-state index in [1.54, 1.807) is 19.1 Å². The van der Waals surface area contributed by atoms with Gasteiger partial charge in [-0.25, -0.2) is 8.42 Å². The van der Waals surface area contributed by atoms with Gasteiger partial charge in [-0.15, -0.1) is 0 Å². The zero-order valence-corrected chi connectivity index (χ0v) is 12.3. The molecule has 0 saturated heterocycles. The third kappa shape index (κ3) is 2.84. The molecule has 4 nitrogen and oxygen atoms in total. The Kier molecular flexibility index (Phi) is 4.76. The fourth-order valence-electron chi connectivity index (χ4n) is 1.94. The molecular weight excluding hydrogens is 248 g/mol. The van der Waals surface area contributed by atoms with Crippen LogP contribution in [0.5, 0.6) is 0 Å². The first kappa shape index (κ1) is 15.0. The fraction of sp³-hybridized carbons (Fsp3) is 0.538. The zero-order chi connectivity index (χ0) is 13.9. The van der Waals surface area contributed by atoms with E-state index >= 15 is 0 Å². The van der Waals surface area contributed by atoms with Gasteiger partial charge in [-0.05, 0) is 38.0 Å². The minimum absolute atomic E-state index is 0.0131. The van der Waals surface area contributed by atoms with E-state index in [0.717, 1.165) is 12.0 Å². The summed E-state index contributed by atoms with van der Waals surface area (Å²) >= 11 is 0. The topological polar surface area (TPSA) is 63.4 Å². The second-order valence-electron chi connectivity index (χ2n) is 4.49. The van der Waals surface area contributed by atoms with E-state index in [1.807, 2.05) is 20.8 Å². The lowest BCUT2D eigenvalue weighted by Crippen LogP contribution is -2.38. The first-order valence-electron chi connectivity index (χ1n) is 6.22. The van der Waals surface area contributed by atoms with Gasteiger partial charge >= 0.3 is 0 Å². The van der Waals surface area contributed by atoms with Gasteiger partial charge in [-0.2, -0.15) is 4.31 Å². The van der Waals surface area contributed by atoms with Crippen molar-refractivity contribution >= 4 is 15.7 Å². The Labute approximate surface area is 110 Å². The quantitative estimate of drug-likeness (QED) is 0.836. The molecule has 0 spiro atoms. The van der Waals surface area contributed by atoms with Gasteiger partial charge in [0.25, 0.3) is 0 Å². The molecule has 2 N–H and O–H groups in total. The van der Waals surface area contributed by atoms with Crippen molar-refractivity contribution in [2.24, 2.45) is 0 Å². The zero-order valence-electron chi connectivity index (χ0n) is 11.5. The van der Waals surface area contributed by atoms with Crippen LogP contribution in [0, 0.1) is 6.92 Å². The average molecular weight is 270 g/mol. The van der Waals surface area contributed by atoms with Crippen LogP contribution in [0.4, 0.5) is 5.69 Å². The number of aryl methyl sites for hydroxylation is 1. The molecule has 102 valence electrons. The Morgan fingerprint density at radius 3 is 2.44 bits per heavy atom. The second kappa shape index (κ2) is 5.71. The highest BCUT2D eigenvalue weighted by Gasteiger charge is 2.28. The predicted octanol–water partition coefficient (Wildman–Crippen LogP) is 2.39. The normalized spacial score (nSPS) is 13.8. The highest BCUT2D eigenvalue weighted by atomic mass is 32.2. The standard InChI is InChI=1S/C13H22N2O2S/c1-5-11(4)15(6-2)18(16,17)13-9-12(14)8-7-10(13)3/h7-9,11H,5-6,14H2,1-4H3. The SMILES string of the molecule is CCC(C)N(CC)S(=O)(=O)c1cc(N)ccc1C. The lowest BCUT2D eigenvalue weighted by molar-refractivity contribution is 0.342. The van der Waals surface area contributed by atoms with Crippen molar-refractivity contribution in [2.45, 2.75) is 45.1 Å². The molecule has 18 heavy (non-hydrogen) atoms. The van der Waals surface area contributed by atoms with Crippen LogP contribution in [-0.2, 0) is 10.0 Å². The molecule has 0 aromatic heterocycles. The van der Waals surface area contributed by atoms with E-state index in [1.165, 1.54) is 10.4 Å². The summed E-state index contributed by atoms with van der Waals surface area (Å²) in [6.45, 7) is 8.01. The van der Waals surface area contributed by atoms with Crippen molar-refractivity contribution in [3.63, 3.8) is 0 Å². The number of nitrogen functional groups attached to an aromatic ring is 1. The van der Waals surface area contributed by atoms with Crippen LogP contribution in [0.15, 0.2) is 23.1 Å². The number of rotatable bonds is 5. The van der Waals surface area contributed by atoms with Crippen LogP contribution in [-0.4, -0.2) is 25.3 Å². The molecular formula is C13H22N2O2S. The van der Waals surface area contributed by atoms with Crippen LogP contribution in [0.1, 0.15) is 32.8 Å². The van der Waals surface area contributed by atoms with Crippen molar-refractivity contribution < 1.29 is 8.42 Å². The maximum Gasteiger partial charge on any atom is 0.243 e. The molecule has 5 heteroatoms. The third-order valence-corrected chi connectivity index (χ3v) is 5.42. The van der Waals surface area contributed by atoms with Gasteiger partial charge in [0.2, 0.25) is 10.0 Å². The van der Waals surface area contributed by atoms with Gasteiger partial charge in [0.1, 0.15) is 0 Å². The molecule has 0 fully saturated rings. The summed E-state index contributed by atoms with van der Waals surface area (Å²) in [7, 11) is -3.46. The first-order chi connectivity index (χ1) is 8.34. The summed E-state index contributed by atoms with van der Waals surface area (Å²) in [5.41, 5.74) is 6.89. The van der Waals surface area contributed by atoms with Gasteiger partial charge in [0.05, 0.1) is 4.90 Å². The third-order valence-electron chi connectivity index (χ3n) is 3.19. The molecule has 0 radical (unpaired) electrons. The Morgan fingerprint density at radius 2 is 1.94 bits per heavy atom. The van der Waals surface area contributed by atoms with Gasteiger partial charge in [0.15, 0.2) is 0 Å². The maximum absolute atomic E-state index is 12.6. The van der Waals surface area contributed by atoms with Crippen molar-refractivity contribution in [3.8, 4) is 0 Å². The molecule has 1 aromatic carbocycles. The lowest BCUT2D eigenvalue weighted by Gasteiger charge is -2.27. The van der Waals surface area contributed by atoms with Crippen molar-refractivity contribution in [2.75, 3.05) is 12.3 Å². The summed E-state index contributed by atoms with van der Waals surface area (Å²) in [4.78, 5) is 0.310. The molecule has 0 bridgehead atoms. The van der Waals surface area contributed by atoms with E-state index in [4.69, 9.17) is 5.73 Å². The van der Waals surface area contributed by atoms with E-state index in [-0.39, 0.29) is 6.04 Å².